The molecule has 94 valence electrons. The summed E-state index contributed by atoms with van der Waals surface area (Å²) in [5.41, 5.74) is 5.95. The summed E-state index contributed by atoms with van der Waals surface area (Å²) in [6.45, 7) is 8.91. The molecule has 0 bridgehead atoms. The van der Waals surface area contributed by atoms with Crippen molar-refractivity contribution in [2.75, 3.05) is 32.7 Å². The minimum atomic E-state index is 0.185. The lowest BCUT2D eigenvalue weighted by Crippen LogP contribution is -2.31. The van der Waals surface area contributed by atoms with Gasteiger partial charge < -0.3 is 16.0 Å². The van der Waals surface area contributed by atoms with Crippen molar-refractivity contribution in [2.45, 2.75) is 33.1 Å². The van der Waals surface area contributed by atoms with Crippen LogP contribution in [0.1, 0.15) is 33.1 Å². The first-order valence-electron chi connectivity index (χ1n) is 6.23. The molecule has 0 aromatic rings. The summed E-state index contributed by atoms with van der Waals surface area (Å²) in [5, 5.41) is 2.89. The smallest absolute Gasteiger partial charge is 0.221 e. The summed E-state index contributed by atoms with van der Waals surface area (Å²) < 4.78 is 0. The Morgan fingerprint density at radius 3 is 2.88 bits per heavy atom. The second-order valence-electron chi connectivity index (χ2n) is 5.41. The van der Waals surface area contributed by atoms with Gasteiger partial charge in [-0.2, -0.15) is 0 Å². The van der Waals surface area contributed by atoms with Crippen LogP contribution in [-0.4, -0.2) is 43.5 Å². The van der Waals surface area contributed by atoms with Crippen LogP contribution in [0, 0.1) is 5.41 Å². The molecule has 1 fully saturated rings. The van der Waals surface area contributed by atoms with Gasteiger partial charge in [0.2, 0.25) is 5.91 Å². The average molecular weight is 227 g/mol. The van der Waals surface area contributed by atoms with Gasteiger partial charge in [0.05, 0.1) is 0 Å². The normalized spacial score (nSPS) is 19.3. The third-order valence-corrected chi connectivity index (χ3v) is 3.29. The largest absolute Gasteiger partial charge is 0.355 e. The van der Waals surface area contributed by atoms with E-state index in [1.807, 2.05) is 0 Å². The Bertz CT molecular complexity index is 228. The molecule has 1 heterocycles. The fourth-order valence-electron chi connectivity index (χ4n) is 1.92. The van der Waals surface area contributed by atoms with Crippen molar-refractivity contribution in [3.05, 3.63) is 0 Å². The van der Waals surface area contributed by atoms with E-state index in [1.165, 1.54) is 6.42 Å². The third-order valence-electron chi connectivity index (χ3n) is 3.29. The summed E-state index contributed by atoms with van der Waals surface area (Å²) in [6, 6.07) is 0. The van der Waals surface area contributed by atoms with Gasteiger partial charge in [-0.05, 0) is 31.3 Å². The highest BCUT2D eigenvalue weighted by Gasteiger charge is 2.17. The van der Waals surface area contributed by atoms with Crippen LogP contribution in [0.2, 0.25) is 0 Å². The molecule has 1 aliphatic rings. The van der Waals surface area contributed by atoms with Crippen LogP contribution in [0.5, 0.6) is 0 Å². The van der Waals surface area contributed by atoms with Crippen molar-refractivity contribution in [3.63, 3.8) is 0 Å². The second-order valence-corrected chi connectivity index (χ2v) is 5.41. The number of amides is 1. The van der Waals surface area contributed by atoms with Gasteiger partial charge in [0, 0.05) is 26.1 Å². The van der Waals surface area contributed by atoms with Crippen molar-refractivity contribution in [1.82, 2.24) is 10.2 Å². The second kappa shape index (κ2) is 6.21. The molecule has 0 spiro atoms. The molecule has 1 saturated heterocycles. The lowest BCUT2D eigenvalue weighted by atomic mass is 9.88. The van der Waals surface area contributed by atoms with Gasteiger partial charge in [-0.3, -0.25) is 4.79 Å². The molecule has 0 atom stereocenters. The SMILES string of the molecule is CC(C)(CN)CCCN1CCNC(=O)CC1. The number of hydrogen-bond donors (Lipinski definition) is 2. The summed E-state index contributed by atoms with van der Waals surface area (Å²) in [4.78, 5) is 13.5. The molecule has 0 aromatic heterocycles. The number of nitrogens with one attached hydrogen (secondary N) is 1. The van der Waals surface area contributed by atoms with Crippen molar-refractivity contribution >= 4 is 5.91 Å². The molecular weight excluding hydrogens is 202 g/mol. The standard InChI is InChI=1S/C12H25N3O/c1-12(2,10-13)5-3-7-15-8-4-11(16)14-6-9-15/h3-10,13H2,1-2H3,(H,14,16). The third kappa shape index (κ3) is 4.94. The van der Waals surface area contributed by atoms with Crippen molar-refractivity contribution in [3.8, 4) is 0 Å². The molecule has 0 aromatic carbocycles. The van der Waals surface area contributed by atoms with E-state index in [0.717, 1.165) is 39.1 Å². The van der Waals surface area contributed by atoms with Gasteiger partial charge in [0.25, 0.3) is 0 Å². The maximum Gasteiger partial charge on any atom is 0.221 e. The fraction of sp³-hybridized carbons (Fsp3) is 0.917. The number of carbonyl (C=O) groups excluding carboxylic acids is 1. The van der Waals surface area contributed by atoms with E-state index in [2.05, 4.69) is 24.1 Å². The molecule has 0 unspecified atom stereocenters. The average Bonchev–Trinajstić information content (AvgIpc) is 2.44. The molecule has 4 heteroatoms. The van der Waals surface area contributed by atoms with E-state index in [0.29, 0.717) is 6.42 Å². The van der Waals surface area contributed by atoms with Crippen LogP contribution in [0.4, 0.5) is 0 Å². The lowest BCUT2D eigenvalue weighted by Gasteiger charge is -2.25. The first-order valence-corrected chi connectivity index (χ1v) is 6.23. The predicted molar refractivity (Wildman–Crippen MR) is 66.1 cm³/mol. The molecule has 4 nitrogen and oxygen atoms in total. The predicted octanol–water partition coefficient (Wildman–Crippen LogP) is 0.573. The minimum absolute atomic E-state index is 0.185. The molecule has 1 amide bonds. The maximum absolute atomic E-state index is 11.2. The van der Waals surface area contributed by atoms with Gasteiger partial charge in [-0.15, -0.1) is 0 Å². The fourth-order valence-corrected chi connectivity index (χ4v) is 1.92. The molecular formula is C12H25N3O. The van der Waals surface area contributed by atoms with Crippen LogP contribution in [-0.2, 0) is 4.79 Å². The summed E-state index contributed by atoms with van der Waals surface area (Å²) >= 11 is 0. The molecule has 1 aliphatic heterocycles. The van der Waals surface area contributed by atoms with Crippen LogP contribution in [0.3, 0.4) is 0 Å². The Labute approximate surface area is 98.6 Å². The summed E-state index contributed by atoms with van der Waals surface area (Å²) in [6.07, 6.45) is 2.96. The molecule has 0 saturated carbocycles. The number of carbonyl (C=O) groups is 1. The maximum atomic E-state index is 11.2. The van der Waals surface area contributed by atoms with E-state index in [9.17, 15) is 4.79 Å². The highest BCUT2D eigenvalue weighted by molar-refractivity contribution is 5.76. The van der Waals surface area contributed by atoms with Gasteiger partial charge in [-0.25, -0.2) is 0 Å². The number of rotatable bonds is 5. The number of nitrogens with two attached hydrogens (primary N) is 1. The van der Waals surface area contributed by atoms with Crippen molar-refractivity contribution < 1.29 is 4.79 Å². The summed E-state index contributed by atoms with van der Waals surface area (Å²) in [7, 11) is 0. The van der Waals surface area contributed by atoms with E-state index in [-0.39, 0.29) is 11.3 Å². The van der Waals surface area contributed by atoms with Gasteiger partial charge in [0.1, 0.15) is 0 Å². The zero-order valence-electron chi connectivity index (χ0n) is 10.6. The number of nitrogens with zero attached hydrogens (tertiary/aromatic N) is 1. The Hall–Kier alpha value is -0.610. The highest BCUT2D eigenvalue weighted by Crippen LogP contribution is 2.20. The Kier molecular flexibility index (Phi) is 5.22. The molecule has 0 radical (unpaired) electrons. The minimum Gasteiger partial charge on any atom is -0.355 e. The monoisotopic (exact) mass is 227 g/mol. The highest BCUT2D eigenvalue weighted by atomic mass is 16.1. The summed E-state index contributed by atoms with van der Waals surface area (Å²) in [5.74, 6) is 0.185. The first kappa shape index (κ1) is 13.5. The van der Waals surface area contributed by atoms with Gasteiger partial charge in [-0.1, -0.05) is 13.8 Å². The molecule has 3 N–H and O–H groups in total. The molecule has 16 heavy (non-hydrogen) atoms. The van der Waals surface area contributed by atoms with Gasteiger partial charge >= 0.3 is 0 Å². The van der Waals surface area contributed by atoms with E-state index >= 15 is 0 Å². The van der Waals surface area contributed by atoms with Crippen LogP contribution >= 0.6 is 0 Å². The Morgan fingerprint density at radius 1 is 1.44 bits per heavy atom. The Morgan fingerprint density at radius 2 is 2.19 bits per heavy atom. The zero-order valence-corrected chi connectivity index (χ0v) is 10.6. The first-order chi connectivity index (χ1) is 7.53. The van der Waals surface area contributed by atoms with E-state index in [1.54, 1.807) is 0 Å². The van der Waals surface area contributed by atoms with Crippen LogP contribution in [0.25, 0.3) is 0 Å². The quantitative estimate of drug-likeness (QED) is 0.722. The topological polar surface area (TPSA) is 58.4 Å². The zero-order chi connectivity index (χ0) is 12.0. The van der Waals surface area contributed by atoms with E-state index in [4.69, 9.17) is 5.73 Å². The lowest BCUT2D eigenvalue weighted by molar-refractivity contribution is -0.120. The van der Waals surface area contributed by atoms with Crippen molar-refractivity contribution in [1.29, 1.82) is 0 Å². The molecule has 1 rings (SSSR count). The van der Waals surface area contributed by atoms with Crippen LogP contribution in [0.15, 0.2) is 0 Å². The molecule has 0 aliphatic carbocycles. The Balaban J connectivity index is 2.19. The van der Waals surface area contributed by atoms with Crippen LogP contribution < -0.4 is 11.1 Å². The van der Waals surface area contributed by atoms with E-state index < -0.39 is 0 Å². The van der Waals surface area contributed by atoms with Crippen molar-refractivity contribution in [2.24, 2.45) is 11.1 Å². The number of hydrogen-bond acceptors (Lipinski definition) is 3. The van der Waals surface area contributed by atoms with Gasteiger partial charge in [0.15, 0.2) is 0 Å².